The molecule has 24 heavy (non-hydrogen) atoms. The molecule has 0 atom stereocenters. The van der Waals surface area contributed by atoms with Crippen molar-refractivity contribution in [2.24, 2.45) is 5.92 Å². The highest BCUT2D eigenvalue weighted by atomic mass is 16.5. The van der Waals surface area contributed by atoms with Gasteiger partial charge in [-0.25, -0.2) is 0 Å². The van der Waals surface area contributed by atoms with Crippen LogP contribution < -0.4 is 15.0 Å². The molecule has 1 saturated carbocycles. The molecule has 1 aromatic carbocycles. The number of nitrogens with one attached hydrogen (secondary N) is 1. The molecule has 1 aliphatic carbocycles. The molecule has 2 fully saturated rings. The van der Waals surface area contributed by atoms with Crippen molar-refractivity contribution in [1.82, 2.24) is 10.2 Å². The van der Waals surface area contributed by atoms with Gasteiger partial charge in [0.15, 0.2) is 0 Å². The van der Waals surface area contributed by atoms with Gasteiger partial charge in [-0.15, -0.1) is 0 Å². The average molecular weight is 331 g/mol. The van der Waals surface area contributed by atoms with E-state index in [1.807, 2.05) is 12.1 Å². The summed E-state index contributed by atoms with van der Waals surface area (Å²) in [5, 5.41) is 3.12. The van der Waals surface area contributed by atoms with Crippen LogP contribution in [0, 0.1) is 5.92 Å². The predicted octanol–water partition coefficient (Wildman–Crippen LogP) is 2.12. The van der Waals surface area contributed by atoms with Gasteiger partial charge in [-0.05, 0) is 25.0 Å². The van der Waals surface area contributed by atoms with Gasteiger partial charge in [0.2, 0.25) is 5.91 Å². The normalized spacial score (nSPS) is 19.5. The van der Waals surface area contributed by atoms with E-state index in [0.717, 1.165) is 57.9 Å². The number of nitrogens with zero attached hydrogens (tertiary/aromatic N) is 2. The number of benzene rings is 1. The first kappa shape index (κ1) is 17.1. The van der Waals surface area contributed by atoms with Crippen LogP contribution in [0.15, 0.2) is 24.3 Å². The second-order valence-electron chi connectivity index (χ2n) is 6.77. The van der Waals surface area contributed by atoms with Gasteiger partial charge >= 0.3 is 0 Å². The smallest absolute Gasteiger partial charge is 0.223 e. The molecule has 1 aliphatic heterocycles. The minimum Gasteiger partial charge on any atom is -0.495 e. The van der Waals surface area contributed by atoms with E-state index < -0.39 is 0 Å². The van der Waals surface area contributed by atoms with Crippen molar-refractivity contribution in [3.63, 3.8) is 0 Å². The molecule has 1 heterocycles. The minimum absolute atomic E-state index is 0.264. The number of ether oxygens (including phenoxy) is 1. The summed E-state index contributed by atoms with van der Waals surface area (Å²) in [6.45, 7) is 5.75. The second-order valence-corrected chi connectivity index (χ2v) is 6.77. The van der Waals surface area contributed by atoms with Crippen LogP contribution in [0.25, 0.3) is 0 Å². The van der Waals surface area contributed by atoms with Gasteiger partial charge in [0.1, 0.15) is 5.75 Å². The number of hydrogen-bond acceptors (Lipinski definition) is 4. The Bertz CT molecular complexity index is 535. The molecule has 0 radical (unpaired) electrons. The number of para-hydroxylation sites is 2. The molecule has 5 heteroatoms. The highest BCUT2D eigenvalue weighted by Gasteiger charge is 2.23. The number of methoxy groups -OCH3 is 1. The first-order valence-corrected chi connectivity index (χ1v) is 9.16. The Hall–Kier alpha value is -1.75. The molecule has 0 aromatic heterocycles. The summed E-state index contributed by atoms with van der Waals surface area (Å²) in [6.07, 6.45) is 4.57. The van der Waals surface area contributed by atoms with Crippen LogP contribution in [-0.4, -0.2) is 57.2 Å². The highest BCUT2D eigenvalue weighted by Crippen LogP contribution is 2.28. The van der Waals surface area contributed by atoms with Gasteiger partial charge < -0.3 is 15.0 Å². The van der Waals surface area contributed by atoms with Crippen molar-refractivity contribution >= 4 is 11.6 Å². The van der Waals surface area contributed by atoms with Crippen LogP contribution in [-0.2, 0) is 4.79 Å². The van der Waals surface area contributed by atoms with Crippen LogP contribution in [0.3, 0.4) is 0 Å². The van der Waals surface area contributed by atoms with Crippen LogP contribution in [0.5, 0.6) is 5.75 Å². The monoisotopic (exact) mass is 331 g/mol. The lowest BCUT2D eigenvalue weighted by molar-refractivity contribution is -0.124. The third-order valence-electron chi connectivity index (χ3n) is 5.25. The topological polar surface area (TPSA) is 44.8 Å². The Kier molecular flexibility index (Phi) is 5.96. The summed E-state index contributed by atoms with van der Waals surface area (Å²) in [5.74, 6) is 1.47. The predicted molar refractivity (Wildman–Crippen MR) is 96.6 cm³/mol. The maximum absolute atomic E-state index is 12.0. The molecular formula is C19H29N3O2. The summed E-state index contributed by atoms with van der Waals surface area (Å²) < 4.78 is 5.46. The van der Waals surface area contributed by atoms with Gasteiger partial charge in [0, 0.05) is 45.2 Å². The lowest BCUT2D eigenvalue weighted by Gasteiger charge is -2.36. The fraction of sp³-hybridized carbons (Fsp3) is 0.632. The summed E-state index contributed by atoms with van der Waals surface area (Å²) in [5.41, 5.74) is 1.18. The van der Waals surface area contributed by atoms with Crippen LogP contribution in [0.1, 0.15) is 25.7 Å². The van der Waals surface area contributed by atoms with E-state index in [2.05, 4.69) is 27.2 Å². The van der Waals surface area contributed by atoms with Gasteiger partial charge in [-0.2, -0.15) is 0 Å². The summed E-state index contributed by atoms with van der Waals surface area (Å²) in [7, 11) is 1.72. The van der Waals surface area contributed by atoms with E-state index in [9.17, 15) is 4.79 Å². The average Bonchev–Trinajstić information content (AvgIpc) is 3.17. The third kappa shape index (κ3) is 4.20. The number of carbonyl (C=O) groups excluding carboxylic acids is 1. The van der Waals surface area contributed by atoms with Gasteiger partial charge in [0.25, 0.3) is 0 Å². The molecule has 1 amide bonds. The number of hydrogen-bond donors (Lipinski definition) is 1. The van der Waals surface area contributed by atoms with E-state index in [-0.39, 0.29) is 11.8 Å². The Morgan fingerprint density at radius 3 is 2.58 bits per heavy atom. The molecule has 5 nitrogen and oxygen atoms in total. The van der Waals surface area contributed by atoms with Gasteiger partial charge in [-0.3, -0.25) is 9.69 Å². The summed E-state index contributed by atoms with van der Waals surface area (Å²) in [4.78, 5) is 16.9. The van der Waals surface area contributed by atoms with E-state index in [4.69, 9.17) is 4.74 Å². The number of rotatable bonds is 6. The lowest BCUT2D eigenvalue weighted by atomic mass is 10.1. The number of amides is 1. The molecule has 1 N–H and O–H groups in total. The Morgan fingerprint density at radius 2 is 1.88 bits per heavy atom. The summed E-state index contributed by atoms with van der Waals surface area (Å²) >= 11 is 0. The molecule has 2 aliphatic rings. The molecule has 0 bridgehead atoms. The Morgan fingerprint density at radius 1 is 1.17 bits per heavy atom. The van der Waals surface area contributed by atoms with E-state index >= 15 is 0 Å². The van der Waals surface area contributed by atoms with Crippen molar-refractivity contribution in [1.29, 1.82) is 0 Å². The fourth-order valence-electron chi connectivity index (χ4n) is 3.77. The molecule has 0 spiro atoms. The van der Waals surface area contributed by atoms with Crippen molar-refractivity contribution in [3.8, 4) is 5.75 Å². The maximum atomic E-state index is 12.0. The zero-order chi connectivity index (χ0) is 16.8. The number of carbonyl (C=O) groups is 1. The van der Waals surface area contributed by atoms with Crippen molar-refractivity contribution in [2.45, 2.75) is 25.7 Å². The highest BCUT2D eigenvalue weighted by molar-refractivity contribution is 5.78. The van der Waals surface area contributed by atoms with Crippen LogP contribution in [0.4, 0.5) is 5.69 Å². The zero-order valence-electron chi connectivity index (χ0n) is 14.7. The molecule has 132 valence electrons. The van der Waals surface area contributed by atoms with Gasteiger partial charge in [0.05, 0.1) is 12.8 Å². The van der Waals surface area contributed by atoms with Crippen LogP contribution >= 0.6 is 0 Å². The first-order valence-electron chi connectivity index (χ1n) is 9.16. The van der Waals surface area contributed by atoms with Crippen LogP contribution in [0.2, 0.25) is 0 Å². The Balaban J connectivity index is 1.40. The minimum atomic E-state index is 0.264. The second kappa shape index (κ2) is 8.38. The zero-order valence-corrected chi connectivity index (χ0v) is 14.7. The maximum Gasteiger partial charge on any atom is 0.223 e. The van der Waals surface area contributed by atoms with E-state index in [0.29, 0.717) is 0 Å². The SMILES string of the molecule is COc1ccccc1N1CCN(CCNC(=O)C2CCCC2)CC1. The van der Waals surface area contributed by atoms with Gasteiger partial charge in [-0.1, -0.05) is 25.0 Å². The third-order valence-corrected chi connectivity index (χ3v) is 5.25. The van der Waals surface area contributed by atoms with Crippen molar-refractivity contribution in [2.75, 3.05) is 51.3 Å². The summed E-state index contributed by atoms with van der Waals surface area (Å²) in [6, 6.07) is 8.20. The molecule has 1 aromatic rings. The molecule has 1 saturated heterocycles. The molecule has 0 unspecified atom stereocenters. The quantitative estimate of drug-likeness (QED) is 0.867. The molecule has 3 rings (SSSR count). The molecular weight excluding hydrogens is 302 g/mol. The van der Waals surface area contributed by atoms with E-state index in [1.54, 1.807) is 7.11 Å². The lowest BCUT2D eigenvalue weighted by Crippen LogP contribution is -2.48. The first-order chi connectivity index (χ1) is 11.8. The largest absolute Gasteiger partial charge is 0.495 e. The van der Waals surface area contributed by atoms with E-state index in [1.165, 1.54) is 18.5 Å². The number of piperazine rings is 1. The standard InChI is InChI=1S/C19H29N3O2/c1-24-18-9-5-4-8-17(18)22-14-12-21(13-15-22)11-10-20-19(23)16-6-2-3-7-16/h4-5,8-9,16H,2-3,6-7,10-15H2,1H3,(H,20,23). The van der Waals surface area contributed by atoms with Crippen molar-refractivity contribution in [3.05, 3.63) is 24.3 Å². The number of anilines is 1. The van der Waals surface area contributed by atoms with Crippen molar-refractivity contribution < 1.29 is 9.53 Å². The Labute approximate surface area is 145 Å². The fourth-order valence-corrected chi connectivity index (χ4v) is 3.77.